The Bertz CT molecular complexity index is 283. The Morgan fingerprint density at radius 1 is 1.39 bits per heavy atom. The molecule has 0 amide bonds. The van der Waals surface area contributed by atoms with Crippen LogP contribution < -0.4 is 0 Å². The summed E-state index contributed by atoms with van der Waals surface area (Å²) in [6, 6.07) is 0. The maximum Gasteiger partial charge on any atom is 0.313 e. The van der Waals surface area contributed by atoms with Crippen LogP contribution in [0, 0.1) is 11.3 Å². The van der Waals surface area contributed by atoms with E-state index in [4.69, 9.17) is 9.47 Å². The standard InChI is InChI=1S/C14H25NO3/c1-15(8-3-12-4-9-18-10-5-12)11-14(6-7-14)13(16)17-2/h12H,3-11H2,1-2H3. The van der Waals surface area contributed by atoms with Gasteiger partial charge in [-0.25, -0.2) is 0 Å². The number of rotatable bonds is 6. The van der Waals surface area contributed by atoms with Gasteiger partial charge in [0.2, 0.25) is 0 Å². The van der Waals surface area contributed by atoms with Crippen LogP contribution in [0.15, 0.2) is 0 Å². The van der Waals surface area contributed by atoms with E-state index in [-0.39, 0.29) is 11.4 Å². The van der Waals surface area contributed by atoms with Crippen LogP contribution >= 0.6 is 0 Å². The topological polar surface area (TPSA) is 38.8 Å². The van der Waals surface area contributed by atoms with Gasteiger partial charge in [0, 0.05) is 19.8 Å². The SMILES string of the molecule is COC(=O)C1(CN(C)CCC2CCOCC2)CC1. The number of carbonyl (C=O) groups is 1. The minimum absolute atomic E-state index is 0.0274. The fourth-order valence-corrected chi connectivity index (χ4v) is 2.83. The van der Waals surface area contributed by atoms with E-state index in [1.165, 1.54) is 26.4 Å². The van der Waals surface area contributed by atoms with Gasteiger partial charge in [0.05, 0.1) is 12.5 Å². The average Bonchev–Trinajstić information content (AvgIpc) is 3.17. The van der Waals surface area contributed by atoms with Gasteiger partial charge in [0.15, 0.2) is 0 Å². The van der Waals surface area contributed by atoms with Crippen molar-refractivity contribution in [3.05, 3.63) is 0 Å². The number of ether oxygens (including phenoxy) is 2. The Labute approximate surface area is 110 Å². The van der Waals surface area contributed by atoms with Crippen molar-refractivity contribution in [3.63, 3.8) is 0 Å². The number of hydrogen-bond acceptors (Lipinski definition) is 4. The fourth-order valence-electron chi connectivity index (χ4n) is 2.83. The summed E-state index contributed by atoms with van der Waals surface area (Å²) >= 11 is 0. The van der Waals surface area contributed by atoms with Crippen LogP contribution in [0.3, 0.4) is 0 Å². The quantitative estimate of drug-likeness (QED) is 0.677. The molecule has 2 aliphatic rings. The van der Waals surface area contributed by atoms with Crippen molar-refractivity contribution < 1.29 is 14.3 Å². The van der Waals surface area contributed by atoms with Gasteiger partial charge in [-0.3, -0.25) is 4.79 Å². The molecule has 1 aliphatic carbocycles. The van der Waals surface area contributed by atoms with Crippen molar-refractivity contribution in [3.8, 4) is 0 Å². The van der Waals surface area contributed by atoms with Gasteiger partial charge in [0.1, 0.15) is 0 Å². The number of carbonyl (C=O) groups excluding carboxylic acids is 1. The zero-order valence-electron chi connectivity index (χ0n) is 11.6. The predicted molar refractivity (Wildman–Crippen MR) is 69.3 cm³/mol. The van der Waals surface area contributed by atoms with E-state index in [1.807, 2.05) is 0 Å². The van der Waals surface area contributed by atoms with Gasteiger partial charge in [-0.2, -0.15) is 0 Å². The molecule has 1 saturated carbocycles. The third kappa shape index (κ3) is 3.45. The lowest BCUT2D eigenvalue weighted by molar-refractivity contribution is -0.147. The molecule has 104 valence electrons. The van der Waals surface area contributed by atoms with Gasteiger partial charge in [-0.1, -0.05) is 0 Å². The molecule has 0 atom stereocenters. The number of esters is 1. The van der Waals surface area contributed by atoms with Crippen molar-refractivity contribution >= 4 is 5.97 Å². The highest BCUT2D eigenvalue weighted by Gasteiger charge is 2.51. The largest absolute Gasteiger partial charge is 0.469 e. The molecule has 0 aromatic heterocycles. The first kappa shape index (κ1) is 13.8. The van der Waals surface area contributed by atoms with Crippen LogP contribution in [0.5, 0.6) is 0 Å². The summed E-state index contributed by atoms with van der Waals surface area (Å²) in [7, 11) is 3.60. The minimum atomic E-state index is -0.181. The molecular weight excluding hydrogens is 230 g/mol. The molecule has 2 rings (SSSR count). The lowest BCUT2D eigenvalue weighted by Gasteiger charge is -2.26. The van der Waals surface area contributed by atoms with E-state index >= 15 is 0 Å². The van der Waals surface area contributed by atoms with Crippen LogP contribution in [0.25, 0.3) is 0 Å². The summed E-state index contributed by atoms with van der Waals surface area (Å²) < 4.78 is 10.3. The zero-order chi connectivity index (χ0) is 13.0. The first-order valence-corrected chi connectivity index (χ1v) is 7.01. The van der Waals surface area contributed by atoms with Gasteiger partial charge in [0.25, 0.3) is 0 Å². The van der Waals surface area contributed by atoms with Crippen LogP contribution in [0.1, 0.15) is 32.1 Å². The summed E-state index contributed by atoms with van der Waals surface area (Å²) in [5, 5.41) is 0. The molecule has 1 aliphatic heterocycles. The van der Waals surface area contributed by atoms with Gasteiger partial charge in [-0.05, 0) is 51.6 Å². The molecule has 4 heteroatoms. The summed E-state index contributed by atoms with van der Waals surface area (Å²) in [4.78, 5) is 14.0. The van der Waals surface area contributed by atoms with Crippen molar-refractivity contribution in [2.75, 3.05) is 40.5 Å². The van der Waals surface area contributed by atoms with E-state index in [0.29, 0.717) is 0 Å². The number of nitrogens with zero attached hydrogens (tertiary/aromatic N) is 1. The molecule has 1 heterocycles. The highest BCUT2D eigenvalue weighted by Crippen LogP contribution is 2.47. The van der Waals surface area contributed by atoms with Crippen molar-refractivity contribution in [2.45, 2.75) is 32.1 Å². The van der Waals surface area contributed by atoms with Gasteiger partial charge < -0.3 is 14.4 Å². The monoisotopic (exact) mass is 255 g/mol. The molecular formula is C14H25NO3. The lowest BCUT2D eigenvalue weighted by atomic mass is 9.96. The van der Waals surface area contributed by atoms with Crippen LogP contribution in [-0.4, -0.2) is 51.3 Å². The van der Waals surface area contributed by atoms with Crippen molar-refractivity contribution in [1.29, 1.82) is 0 Å². The number of methoxy groups -OCH3 is 1. The van der Waals surface area contributed by atoms with E-state index in [0.717, 1.165) is 45.1 Å². The molecule has 0 bridgehead atoms. The molecule has 0 unspecified atom stereocenters. The maximum atomic E-state index is 11.7. The molecule has 1 saturated heterocycles. The van der Waals surface area contributed by atoms with E-state index in [2.05, 4.69) is 11.9 Å². The lowest BCUT2D eigenvalue weighted by Crippen LogP contribution is -2.34. The molecule has 18 heavy (non-hydrogen) atoms. The summed E-state index contributed by atoms with van der Waals surface area (Å²) in [5.74, 6) is 0.773. The summed E-state index contributed by atoms with van der Waals surface area (Å²) in [5.41, 5.74) is -0.181. The van der Waals surface area contributed by atoms with E-state index < -0.39 is 0 Å². The highest BCUT2D eigenvalue weighted by atomic mass is 16.5. The summed E-state index contributed by atoms with van der Waals surface area (Å²) in [6.07, 6.45) is 5.58. The Hall–Kier alpha value is -0.610. The molecule has 0 N–H and O–H groups in total. The van der Waals surface area contributed by atoms with Gasteiger partial charge in [-0.15, -0.1) is 0 Å². The Balaban J connectivity index is 1.68. The third-order valence-corrected chi connectivity index (χ3v) is 4.30. The second-order valence-electron chi connectivity index (χ2n) is 5.85. The van der Waals surface area contributed by atoms with Crippen molar-refractivity contribution in [2.24, 2.45) is 11.3 Å². The fraction of sp³-hybridized carbons (Fsp3) is 0.929. The summed E-state index contributed by atoms with van der Waals surface area (Å²) in [6.45, 7) is 3.76. The van der Waals surface area contributed by atoms with E-state index in [1.54, 1.807) is 0 Å². The third-order valence-electron chi connectivity index (χ3n) is 4.30. The number of hydrogen-bond donors (Lipinski definition) is 0. The molecule has 0 aromatic carbocycles. The van der Waals surface area contributed by atoms with Crippen LogP contribution in [0.4, 0.5) is 0 Å². The van der Waals surface area contributed by atoms with Crippen LogP contribution in [-0.2, 0) is 14.3 Å². The van der Waals surface area contributed by atoms with E-state index in [9.17, 15) is 4.79 Å². The van der Waals surface area contributed by atoms with Gasteiger partial charge >= 0.3 is 5.97 Å². The molecule has 0 radical (unpaired) electrons. The second-order valence-corrected chi connectivity index (χ2v) is 5.85. The minimum Gasteiger partial charge on any atom is -0.469 e. The average molecular weight is 255 g/mol. The normalized spacial score (nSPS) is 23.1. The first-order valence-electron chi connectivity index (χ1n) is 7.01. The molecule has 0 aromatic rings. The molecule has 2 fully saturated rings. The van der Waals surface area contributed by atoms with Crippen molar-refractivity contribution in [1.82, 2.24) is 4.90 Å². The highest BCUT2D eigenvalue weighted by molar-refractivity contribution is 5.80. The maximum absolute atomic E-state index is 11.7. The second kappa shape index (κ2) is 6.02. The first-order chi connectivity index (χ1) is 8.66. The Kier molecular flexibility index (Phi) is 4.62. The molecule has 0 spiro atoms. The zero-order valence-corrected chi connectivity index (χ0v) is 11.6. The predicted octanol–water partition coefficient (Wildman–Crippen LogP) is 1.69. The Morgan fingerprint density at radius 3 is 2.61 bits per heavy atom. The smallest absolute Gasteiger partial charge is 0.313 e. The molecule has 4 nitrogen and oxygen atoms in total. The Morgan fingerprint density at radius 2 is 2.06 bits per heavy atom. The van der Waals surface area contributed by atoms with Crippen LogP contribution in [0.2, 0.25) is 0 Å².